The number of rotatable bonds is 3. The second kappa shape index (κ2) is 6.50. The summed E-state index contributed by atoms with van der Waals surface area (Å²) in [5.74, 6) is 0.734. The average Bonchev–Trinajstić information content (AvgIpc) is 3.12. The number of H-pyrrole nitrogens is 1. The predicted octanol–water partition coefficient (Wildman–Crippen LogP) is 4.68. The van der Waals surface area contributed by atoms with Gasteiger partial charge in [0.15, 0.2) is 0 Å². The second-order valence-corrected chi connectivity index (χ2v) is 6.84. The molecule has 2 aromatic carbocycles. The number of methoxy groups -OCH3 is 1. The number of fused-ring (bicyclic) bond motifs is 3. The van der Waals surface area contributed by atoms with E-state index in [1.807, 2.05) is 48.7 Å². The summed E-state index contributed by atoms with van der Waals surface area (Å²) < 4.78 is 5.55. The monoisotopic (exact) mass is 366 g/mol. The van der Waals surface area contributed by atoms with Gasteiger partial charge >= 0.3 is 0 Å². The van der Waals surface area contributed by atoms with Crippen molar-refractivity contribution >= 4 is 0 Å². The van der Waals surface area contributed by atoms with Crippen LogP contribution in [0.25, 0.3) is 33.4 Å². The molecule has 136 valence electrons. The minimum atomic E-state index is -0.130. The van der Waals surface area contributed by atoms with Crippen molar-refractivity contribution in [3.63, 3.8) is 0 Å². The van der Waals surface area contributed by atoms with Crippen LogP contribution in [0.1, 0.15) is 11.1 Å². The van der Waals surface area contributed by atoms with Gasteiger partial charge in [0.25, 0.3) is 5.56 Å². The molecular weight excluding hydrogens is 348 g/mol. The van der Waals surface area contributed by atoms with E-state index in [0.29, 0.717) is 5.56 Å². The first-order chi connectivity index (χ1) is 13.8. The Morgan fingerprint density at radius 3 is 2.46 bits per heavy atom. The Bertz CT molecular complexity index is 1260. The number of ether oxygens (including phenoxy) is 1. The molecule has 4 nitrogen and oxygen atoms in total. The van der Waals surface area contributed by atoms with Crippen molar-refractivity contribution in [2.45, 2.75) is 6.42 Å². The van der Waals surface area contributed by atoms with Crippen LogP contribution in [0.15, 0.2) is 78.0 Å². The molecule has 0 saturated carbocycles. The van der Waals surface area contributed by atoms with E-state index in [1.54, 1.807) is 19.5 Å². The Labute approximate surface area is 162 Å². The number of hydrogen-bond acceptors (Lipinski definition) is 3. The third-order valence-electron chi connectivity index (χ3n) is 5.36. The first-order valence-electron chi connectivity index (χ1n) is 9.18. The van der Waals surface area contributed by atoms with Gasteiger partial charge in [-0.05, 0) is 35.2 Å². The molecule has 1 aliphatic carbocycles. The highest BCUT2D eigenvalue weighted by atomic mass is 16.5. The number of aromatic nitrogens is 2. The lowest BCUT2D eigenvalue weighted by Gasteiger charge is -2.14. The van der Waals surface area contributed by atoms with Gasteiger partial charge in [0, 0.05) is 40.8 Å². The Kier molecular flexibility index (Phi) is 3.83. The lowest BCUT2D eigenvalue weighted by molar-refractivity contribution is 0.416. The third-order valence-corrected chi connectivity index (χ3v) is 5.36. The van der Waals surface area contributed by atoms with Gasteiger partial charge in [0.05, 0.1) is 12.7 Å². The minimum absolute atomic E-state index is 0.130. The summed E-state index contributed by atoms with van der Waals surface area (Å²) in [7, 11) is 1.64. The van der Waals surface area contributed by atoms with E-state index in [-0.39, 0.29) is 5.56 Å². The van der Waals surface area contributed by atoms with E-state index in [9.17, 15) is 4.79 Å². The van der Waals surface area contributed by atoms with Crippen molar-refractivity contribution in [2.75, 3.05) is 7.11 Å². The number of nitrogens with one attached hydrogen (secondary N) is 1. The van der Waals surface area contributed by atoms with Gasteiger partial charge in [-0.2, -0.15) is 0 Å². The molecule has 4 aromatic rings. The van der Waals surface area contributed by atoms with Crippen LogP contribution < -0.4 is 10.3 Å². The molecule has 0 atom stereocenters. The van der Waals surface area contributed by atoms with E-state index >= 15 is 0 Å². The van der Waals surface area contributed by atoms with Crippen molar-refractivity contribution in [1.82, 2.24) is 9.97 Å². The van der Waals surface area contributed by atoms with Gasteiger partial charge in [-0.25, -0.2) is 0 Å². The number of pyridine rings is 2. The quantitative estimate of drug-likeness (QED) is 0.504. The van der Waals surface area contributed by atoms with E-state index in [0.717, 1.165) is 40.0 Å². The van der Waals surface area contributed by atoms with Crippen molar-refractivity contribution in [2.24, 2.45) is 0 Å². The van der Waals surface area contributed by atoms with Gasteiger partial charge in [-0.3, -0.25) is 9.78 Å². The highest BCUT2D eigenvalue weighted by molar-refractivity contribution is 5.90. The van der Waals surface area contributed by atoms with Crippen LogP contribution in [0.3, 0.4) is 0 Å². The van der Waals surface area contributed by atoms with Crippen molar-refractivity contribution < 1.29 is 4.74 Å². The highest BCUT2D eigenvalue weighted by Crippen LogP contribution is 2.43. The zero-order valence-electron chi connectivity index (χ0n) is 15.4. The maximum Gasteiger partial charge on any atom is 0.256 e. The zero-order chi connectivity index (χ0) is 19.1. The number of nitrogens with zero attached hydrogens (tertiary/aromatic N) is 1. The second-order valence-electron chi connectivity index (χ2n) is 6.84. The molecule has 1 aliphatic rings. The molecule has 1 N–H and O–H groups in total. The first-order valence-corrected chi connectivity index (χ1v) is 9.18. The van der Waals surface area contributed by atoms with Crippen LogP contribution in [0.4, 0.5) is 0 Å². The Balaban J connectivity index is 1.79. The van der Waals surface area contributed by atoms with Crippen LogP contribution in [0.2, 0.25) is 0 Å². The Hall–Kier alpha value is -3.66. The van der Waals surface area contributed by atoms with E-state index in [4.69, 9.17) is 4.74 Å². The summed E-state index contributed by atoms with van der Waals surface area (Å²) in [5.41, 5.74) is 7.80. The number of benzene rings is 2. The van der Waals surface area contributed by atoms with Crippen LogP contribution in [-0.4, -0.2) is 17.1 Å². The molecule has 5 rings (SSSR count). The van der Waals surface area contributed by atoms with Crippen LogP contribution in [-0.2, 0) is 6.42 Å². The molecule has 0 radical (unpaired) electrons. The first kappa shape index (κ1) is 16.5. The summed E-state index contributed by atoms with van der Waals surface area (Å²) in [4.78, 5) is 20.3. The van der Waals surface area contributed by atoms with Crippen molar-refractivity contribution in [3.05, 3.63) is 94.7 Å². The van der Waals surface area contributed by atoms with Crippen molar-refractivity contribution in [3.8, 4) is 39.1 Å². The fraction of sp³-hybridized carbons (Fsp3) is 0.0833. The highest BCUT2D eigenvalue weighted by Gasteiger charge is 2.25. The van der Waals surface area contributed by atoms with Crippen molar-refractivity contribution in [1.29, 1.82) is 0 Å². The lowest BCUT2D eigenvalue weighted by Crippen LogP contribution is -2.11. The lowest BCUT2D eigenvalue weighted by atomic mass is 9.92. The molecule has 28 heavy (non-hydrogen) atoms. The zero-order valence-corrected chi connectivity index (χ0v) is 15.4. The molecule has 2 aromatic heterocycles. The molecular formula is C24H18N2O2. The maximum absolute atomic E-state index is 13.0. The smallest absolute Gasteiger partial charge is 0.256 e. The fourth-order valence-electron chi connectivity index (χ4n) is 4.09. The summed E-state index contributed by atoms with van der Waals surface area (Å²) in [6.07, 6.45) is 6.17. The van der Waals surface area contributed by atoms with Gasteiger partial charge < -0.3 is 9.72 Å². The Morgan fingerprint density at radius 2 is 1.61 bits per heavy atom. The summed E-state index contributed by atoms with van der Waals surface area (Å²) >= 11 is 0. The van der Waals surface area contributed by atoms with Gasteiger partial charge in [-0.1, -0.05) is 42.5 Å². The number of para-hydroxylation sites is 1. The third kappa shape index (κ3) is 2.46. The van der Waals surface area contributed by atoms with Gasteiger partial charge in [0.2, 0.25) is 0 Å². The summed E-state index contributed by atoms with van der Waals surface area (Å²) in [6, 6.07) is 18.0. The Morgan fingerprint density at radius 1 is 0.857 bits per heavy atom. The predicted molar refractivity (Wildman–Crippen MR) is 111 cm³/mol. The minimum Gasteiger partial charge on any atom is -0.496 e. The number of aromatic amines is 1. The van der Waals surface area contributed by atoms with E-state index in [2.05, 4.69) is 22.1 Å². The molecule has 4 heteroatoms. The summed E-state index contributed by atoms with van der Waals surface area (Å²) in [6.45, 7) is 0. The molecule has 0 spiro atoms. The van der Waals surface area contributed by atoms with E-state index < -0.39 is 0 Å². The molecule has 0 fully saturated rings. The normalized spacial score (nSPS) is 11.8. The van der Waals surface area contributed by atoms with Crippen LogP contribution in [0, 0.1) is 0 Å². The molecule has 0 saturated heterocycles. The molecule has 0 unspecified atom stereocenters. The standard InChI is InChI=1S/C24H18N2O2/c1-28-22-9-5-4-8-17(22)18-10-11-26-24(27)23(18)21-14-25-13-20-16-7-3-2-6-15(16)12-19(20)21/h2-11,13-14H,12H2,1H3,(H,26,27). The van der Waals surface area contributed by atoms with Crippen LogP contribution >= 0.6 is 0 Å². The fourth-order valence-corrected chi connectivity index (χ4v) is 4.09. The molecule has 0 amide bonds. The SMILES string of the molecule is COc1ccccc1-c1cc[nH]c(=O)c1-c1cncc2c1Cc1ccccc1-2. The van der Waals surface area contributed by atoms with Crippen LogP contribution in [0.5, 0.6) is 5.75 Å². The van der Waals surface area contributed by atoms with Gasteiger partial charge in [-0.15, -0.1) is 0 Å². The van der Waals surface area contributed by atoms with Gasteiger partial charge in [0.1, 0.15) is 5.75 Å². The average molecular weight is 366 g/mol. The maximum atomic E-state index is 13.0. The molecule has 2 heterocycles. The molecule has 0 bridgehead atoms. The summed E-state index contributed by atoms with van der Waals surface area (Å²) in [5, 5.41) is 0. The van der Waals surface area contributed by atoms with E-state index in [1.165, 1.54) is 11.1 Å². The molecule has 0 aliphatic heterocycles. The largest absolute Gasteiger partial charge is 0.496 e. The number of hydrogen-bond donors (Lipinski definition) is 1. The topological polar surface area (TPSA) is 55.0 Å².